The highest BCUT2D eigenvalue weighted by Gasteiger charge is 2.36. The highest BCUT2D eigenvalue weighted by atomic mass is 32.2. The molecular formula is C24H29F6N5O2S. The Balaban J connectivity index is 1.62. The van der Waals surface area contributed by atoms with Crippen molar-refractivity contribution in [2.24, 2.45) is 0 Å². The van der Waals surface area contributed by atoms with E-state index >= 15 is 8.78 Å². The lowest BCUT2D eigenvalue weighted by atomic mass is 9.88. The number of hydrazine groups is 1. The predicted molar refractivity (Wildman–Crippen MR) is 132 cm³/mol. The number of hydrogen-bond acceptors (Lipinski definition) is 6. The Labute approximate surface area is 217 Å². The Morgan fingerprint density at radius 3 is 2.34 bits per heavy atom. The van der Waals surface area contributed by atoms with E-state index in [1.807, 2.05) is 4.90 Å². The Morgan fingerprint density at radius 1 is 1.05 bits per heavy atom. The topological polar surface area (TPSA) is 76.7 Å². The summed E-state index contributed by atoms with van der Waals surface area (Å²) in [6, 6.07) is 5.29. The second kappa shape index (κ2) is 11.3. The Bertz CT molecular complexity index is 1230. The molecule has 0 amide bonds. The number of rotatable bonds is 10. The first-order chi connectivity index (χ1) is 17.8. The fourth-order valence-electron chi connectivity index (χ4n) is 4.87. The van der Waals surface area contributed by atoms with E-state index in [1.54, 1.807) is 0 Å². The van der Waals surface area contributed by atoms with Gasteiger partial charge in [-0.15, -0.1) is 0 Å². The highest BCUT2D eigenvalue weighted by molar-refractivity contribution is 7.92. The minimum Gasteiger partial charge on any atom is -0.380 e. The number of anilines is 2. The van der Waals surface area contributed by atoms with Crippen molar-refractivity contribution < 1.29 is 34.8 Å². The van der Waals surface area contributed by atoms with Crippen molar-refractivity contribution >= 4 is 21.4 Å². The number of alkyl halides is 4. The van der Waals surface area contributed by atoms with Crippen molar-refractivity contribution in [3.05, 3.63) is 58.7 Å². The first kappa shape index (κ1) is 28.5. The van der Waals surface area contributed by atoms with E-state index < -0.39 is 52.7 Å². The maximum atomic E-state index is 15.5. The Kier molecular flexibility index (Phi) is 8.45. The number of halogens is 6. The molecule has 38 heavy (non-hydrogen) atoms. The third-order valence-electron chi connectivity index (χ3n) is 6.45. The molecule has 0 saturated carbocycles. The first-order valence-corrected chi connectivity index (χ1v) is 13.9. The van der Waals surface area contributed by atoms with Crippen LogP contribution in [-0.4, -0.2) is 76.2 Å². The van der Waals surface area contributed by atoms with Gasteiger partial charge in [0.1, 0.15) is 18.2 Å². The molecule has 4 rings (SSSR count). The molecule has 1 unspecified atom stereocenters. The quantitative estimate of drug-likeness (QED) is 0.381. The number of likely N-dealkylation sites (tertiary alicyclic amines) is 1. The lowest BCUT2D eigenvalue weighted by molar-refractivity contribution is -0.136. The van der Waals surface area contributed by atoms with E-state index in [2.05, 4.69) is 15.5 Å². The summed E-state index contributed by atoms with van der Waals surface area (Å²) >= 11 is 0. The Morgan fingerprint density at radius 2 is 1.74 bits per heavy atom. The van der Waals surface area contributed by atoms with Crippen LogP contribution in [0.1, 0.15) is 29.2 Å². The van der Waals surface area contributed by atoms with Crippen LogP contribution >= 0.6 is 0 Å². The van der Waals surface area contributed by atoms with Crippen LogP contribution in [0.2, 0.25) is 0 Å². The van der Waals surface area contributed by atoms with Crippen LogP contribution in [0.15, 0.2) is 30.3 Å². The molecule has 1 atom stereocenters. The lowest BCUT2D eigenvalue weighted by Gasteiger charge is -2.40. The van der Waals surface area contributed by atoms with Gasteiger partial charge in [0.25, 0.3) is 0 Å². The van der Waals surface area contributed by atoms with E-state index in [4.69, 9.17) is 0 Å². The second-order valence-corrected chi connectivity index (χ2v) is 11.3. The summed E-state index contributed by atoms with van der Waals surface area (Å²) in [6.45, 7) is -0.0253. The van der Waals surface area contributed by atoms with Crippen molar-refractivity contribution in [2.45, 2.75) is 31.1 Å². The van der Waals surface area contributed by atoms with E-state index in [0.717, 1.165) is 23.4 Å². The van der Waals surface area contributed by atoms with Gasteiger partial charge < -0.3 is 5.32 Å². The van der Waals surface area contributed by atoms with Gasteiger partial charge >= 0.3 is 6.18 Å². The van der Waals surface area contributed by atoms with Crippen molar-refractivity contribution in [2.75, 3.05) is 55.7 Å². The molecule has 2 aromatic carbocycles. The molecule has 7 nitrogen and oxygen atoms in total. The molecule has 210 valence electrons. The molecule has 2 aromatic rings. The molecule has 1 saturated heterocycles. The standard InChI is InChI=1S/C24H29F6N5O2S/c1-38(36,37)33-16-3-4-19-15(9-16)5-8-35(31-14-24(28,29)30)23(19)22-20(26)10-17(11-21(22)27)32-18-12-34(13-18)7-2-6-25/h3-4,9-11,18,23,31-33H,2,5-8,12-14H2,1H3. The largest absolute Gasteiger partial charge is 0.402 e. The molecule has 0 aromatic heterocycles. The molecular weight excluding hydrogens is 536 g/mol. The summed E-state index contributed by atoms with van der Waals surface area (Å²) < 4.78 is 108. The molecule has 3 N–H and O–H groups in total. The minimum absolute atomic E-state index is 0.00819. The summed E-state index contributed by atoms with van der Waals surface area (Å²) in [5.74, 6) is -1.87. The van der Waals surface area contributed by atoms with Crippen LogP contribution < -0.4 is 15.5 Å². The zero-order valence-corrected chi connectivity index (χ0v) is 21.4. The van der Waals surface area contributed by atoms with E-state index in [0.29, 0.717) is 37.2 Å². The third kappa shape index (κ3) is 7.10. The zero-order chi connectivity index (χ0) is 27.7. The van der Waals surface area contributed by atoms with Crippen LogP contribution in [0.3, 0.4) is 0 Å². The number of sulfonamides is 1. The summed E-state index contributed by atoms with van der Waals surface area (Å²) in [7, 11) is -3.58. The molecule has 0 radical (unpaired) electrons. The van der Waals surface area contributed by atoms with Gasteiger partial charge in [0.05, 0.1) is 25.0 Å². The number of fused-ring (bicyclic) bond motifs is 1. The average molecular weight is 566 g/mol. The van der Waals surface area contributed by atoms with Crippen LogP contribution in [0.5, 0.6) is 0 Å². The smallest absolute Gasteiger partial charge is 0.380 e. The fraction of sp³-hybridized carbons (Fsp3) is 0.500. The second-order valence-electron chi connectivity index (χ2n) is 9.58. The van der Waals surface area contributed by atoms with Gasteiger partial charge in [-0.25, -0.2) is 27.6 Å². The van der Waals surface area contributed by atoms with Crippen LogP contribution in [0, 0.1) is 11.6 Å². The maximum Gasteiger partial charge on any atom is 0.402 e. The Hall–Kier alpha value is -2.55. The summed E-state index contributed by atoms with van der Waals surface area (Å²) in [5, 5.41) is 4.20. The van der Waals surface area contributed by atoms with Crippen LogP contribution in [0.4, 0.5) is 37.7 Å². The SMILES string of the molecule is CS(=O)(=O)Nc1ccc2c(c1)CCN(NCC(F)(F)F)C2c1c(F)cc(NC2CN(CCCF)C2)cc1F. The molecule has 2 heterocycles. The van der Waals surface area contributed by atoms with Gasteiger partial charge in [-0.2, -0.15) is 13.2 Å². The summed E-state index contributed by atoms with van der Waals surface area (Å²) in [6.07, 6.45) is -2.94. The van der Waals surface area contributed by atoms with E-state index in [-0.39, 0.29) is 30.4 Å². The van der Waals surface area contributed by atoms with Crippen LogP contribution in [0.25, 0.3) is 0 Å². The normalized spacial score (nSPS) is 19.2. The molecule has 0 bridgehead atoms. The molecule has 0 aliphatic carbocycles. The zero-order valence-electron chi connectivity index (χ0n) is 20.6. The van der Waals surface area contributed by atoms with E-state index in [9.17, 15) is 26.0 Å². The van der Waals surface area contributed by atoms with Gasteiger partial charge in [-0.05, 0) is 48.2 Å². The maximum absolute atomic E-state index is 15.5. The average Bonchev–Trinajstić information content (AvgIpc) is 2.77. The number of benzene rings is 2. The van der Waals surface area contributed by atoms with Crippen molar-refractivity contribution in [3.63, 3.8) is 0 Å². The van der Waals surface area contributed by atoms with Gasteiger partial charge in [-0.1, -0.05) is 6.07 Å². The number of nitrogens with one attached hydrogen (secondary N) is 3. The lowest BCUT2D eigenvalue weighted by Crippen LogP contribution is -2.54. The number of hydrogen-bond donors (Lipinski definition) is 3. The van der Waals surface area contributed by atoms with E-state index in [1.165, 1.54) is 18.2 Å². The minimum atomic E-state index is -4.56. The summed E-state index contributed by atoms with van der Waals surface area (Å²) in [4.78, 5) is 2.01. The first-order valence-electron chi connectivity index (χ1n) is 12.0. The summed E-state index contributed by atoms with van der Waals surface area (Å²) in [5.41, 5.74) is 3.17. The van der Waals surface area contributed by atoms with Gasteiger partial charge in [0.15, 0.2) is 0 Å². The van der Waals surface area contributed by atoms with Crippen LogP contribution in [-0.2, 0) is 16.4 Å². The van der Waals surface area contributed by atoms with Gasteiger partial charge in [-0.3, -0.25) is 14.0 Å². The molecule has 14 heteroatoms. The fourth-order valence-corrected chi connectivity index (χ4v) is 5.42. The van der Waals surface area contributed by atoms with Gasteiger partial charge in [0, 0.05) is 43.1 Å². The van der Waals surface area contributed by atoms with Gasteiger partial charge in [0.2, 0.25) is 10.0 Å². The molecule has 0 spiro atoms. The molecule has 2 aliphatic rings. The van der Waals surface area contributed by atoms with Crippen molar-refractivity contribution in [3.8, 4) is 0 Å². The molecule has 2 aliphatic heterocycles. The van der Waals surface area contributed by atoms with Crippen molar-refractivity contribution in [1.82, 2.24) is 15.3 Å². The molecule has 1 fully saturated rings. The van der Waals surface area contributed by atoms with Crippen molar-refractivity contribution in [1.29, 1.82) is 0 Å². The third-order valence-corrected chi connectivity index (χ3v) is 7.05. The number of nitrogens with zero attached hydrogens (tertiary/aromatic N) is 2. The monoisotopic (exact) mass is 565 g/mol. The predicted octanol–water partition coefficient (Wildman–Crippen LogP) is 3.81. The highest BCUT2D eigenvalue weighted by Crippen LogP contribution is 2.39.